The molecule has 2 aromatic heterocycles. The fourth-order valence-corrected chi connectivity index (χ4v) is 6.89. The Bertz CT molecular complexity index is 1730. The number of carbonyl (C=O) groups is 1. The fraction of sp³-hybridized carbons (Fsp3) is 0.200. The fourth-order valence-electron chi connectivity index (χ4n) is 4.17. The Morgan fingerprint density at radius 1 is 0.905 bits per heavy atom. The third-order valence-electron chi connectivity index (χ3n) is 6.44. The molecule has 0 aliphatic carbocycles. The molecule has 1 unspecified atom stereocenters. The number of hydrogen-bond donors (Lipinski definition) is 3. The molecule has 5 aromatic rings. The van der Waals surface area contributed by atoms with Gasteiger partial charge in [0.15, 0.2) is 5.16 Å². The highest BCUT2D eigenvalue weighted by Gasteiger charge is 2.23. The van der Waals surface area contributed by atoms with Crippen molar-refractivity contribution < 1.29 is 13.2 Å². The summed E-state index contributed by atoms with van der Waals surface area (Å²) in [5.41, 5.74) is 6.54. The molecule has 0 bridgehead atoms. The summed E-state index contributed by atoms with van der Waals surface area (Å²) >= 11 is 2.51. The normalized spacial score (nSPS) is 12.2. The molecule has 1 amide bonds. The Morgan fingerprint density at radius 3 is 2.10 bits per heavy atom. The van der Waals surface area contributed by atoms with E-state index in [1.54, 1.807) is 19.1 Å². The minimum Gasteiger partial charge on any atom is -0.332 e. The largest absolute Gasteiger partial charge is 0.332 e. The maximum atomic E-state index is 13.3. The predicted molar refractivity (Wildman–Crippen MR) is 169 cm³/mol. The summed E-state index contributed by atoms with van der Waals surface area (Å²) in [6.45, 7) is 7.78. The van der Waals surface area contributed by atoms with Gasteiger partial charge in [0.2, 0.25) is 11.0 Å². The van der Waals surface area contributed by atoms with E-state index in [1.807, 2.05) is 20.8 Å². The number of hydrogen-bond acceptors (Lipinski definition) is 8. The Morgan fingerprint density at radius 2 is 1.52 bits per heavy atom. The smallest absolute Gasteiger partial charge is 0.263 e. The number of imidazole rings is 1. The molecule has 0 radical (unpaired) electrons. The molecule has 5 rings (SSSR count). The molecule has 42 heavy (non-hydrogen) atoms. The zero-order chi connectivity index (χ0) is 29.9. The number of carbonyl (C=O) groups excluding carboxylic acids is 1. The summed E-state index contributed by atoms with van der Waals surface area (Å²) in [4.78, 5) is 21.7. The summed E-state index contributed by atoms with van der Waals surface area (Å²) in [6.07, 6.45) is 0.564. The summed E-state index contributed by atoms with van der Waals surface area (Å²) in [5.74, 6) is -0.203. The first-order valence-corrected chi connectivity index (χ1v) is 16.4. The first kappa shape index (κ1) is 29.5. The number of nitrogens with one attached hydrogen (secondary N) is 3. The van der Waals surface area contributed by atoms with Crippen LogP contribution in [-0.4, -0.2) is 39.7 Å². The van der Waals surface area contributed by atoms with E-state index in [1.165, 1.54) is 29.5 Å². The van der Waals surface area contributed by atoms with Gasteiger partial charge in [0, 0.05) is 16.8 Å². The molecule has 3 aromatic carbocycles. The number of aromatic nitrogens is 4. The molecular weight excluding hydrogens is 589 g/mol. The van der Waals surface area contributed by atoms with Gasteiger partial charge in [0.1, 0.15) is 5.01 Å². The van der Waals surface area contributed by atoms with Crippen molar-refractivity contribution in [3.8, 4) is 22.5 Å². The molecule has 2 heterocycles. The summed E-state index contributed by atoms with van der Waals surface area (Å²) in [5, 5.41) is 11.6. The van der Waals surface area contributed by atoms with Crippen LogP contribution < -0.4 is 10.0 Å². The number of thioether (sulfide) groups is 1. The van der Waals surface area contributed by atoms with Gasteiger partial charge in [-0.15, -0.1) is 10.2 Å². The summed E-state index contributed by atoms with van der Waals surface area (Å²) in [6, 6.07) is 22.5. The molecule has 1 atom stereocenters. The average molecular weight is 619 g/mol. The number of benzene rings is 3. The van der Waals surface area contributed by atoms with Crippen molar-refractivity contribution in [2.75, 3.05) is 10.0 Å². The number of H-pyrrole nitrogens is 1. The lowest BCUT2D eigenvalue weighted by Crippen LogP contribution is -2.24. The highest BCUT2D eigenvalue weighted by atomic mass is 32.2. The van der Waals surface area contributed by atoms with E-state index in [0.717, 1.165) is 39.4 Å². The van der Waals surface area contributed by atoms with E-state index in [4.69, 9.17) is 4.98 Å². The van der Waals surface area contributed by atoms with Gasteiger partial charge >= 0.3 is 0 Å². The SMILES string of the molecule is CCC(Sc1nc(-c2ccc(C)cc2)c(-c2ccc(C)cc2)[nH]1)C(=O)Nc1ccc(S(=O)(=O)Nc2nnc(C)s2)cc1. The molecular formula is C30H30N6O3S3. The van der Waals surface area contributed by atoms with E-state index < -0.39 is 15.3 Å². The minimum atomic E-state index is -3.83. The third kappa shape index (κ3) is 6.89. The van der Waals surface area contributed by atoms with Crippen molar-refractivity contribution >= 4 is 49.8 Å². The van der Waals surface area contributed by atoms with Gasteiger partial charge in [-0.3, -0.25) is 9.52 Å². The summed E-state index contributed by atoms with van der Waals surface area (Å²) < 4.78 is 27.8. The topological polar surface area (TPSA) is 130 Å². The predicted octanol–water partition coefficient (Wildman–Crippen LogP) is 6.83. The van der Waals surface area contributed by atoms with Crippen LogP contribution in [0, 0.1) is 20.8 Å². The highest BCUT2D eigenvalue weighted by Crippen LogP contribution is 2.35. The van der Waals surface area contributed by atoms with Crippen molar-refractivity contribution in [1.82, 2.24) is 20.2 Å². The van der Waals surface area contributed by atoms with Crippen LogP contribution in [-0.2, 0) is 14.8 Å². The summed E-state index contributed by atoms with van der Waals surface area (Å²) in [7, 11) is -3.83. The zero-order valence-electron chi connectivity index (χ0n) is 23.5. The molecule has 0 aliphatic rings. The zero-order valence-corrected chi connectivity index (χ0v) is 26.0. The number of aryl methyl sites for hydroxylation is 3. The Hall–Kier alpha value is -4.00. The lowest BCUT2D eigenvalue weighted by Gasteiger charge is -2.14. The van der Waals surface area contributed by atoms with Gasteiger partial charge in [-0.25, -0.2) is 13.4 Å². The minimum absolute atomic E-state index is 0.0534. The monoisotopic (exact) mass is 618 g/mol. The molecule has 0 saturated carbocycles. The van der Waals surface area contributed by atoms with Crippen LogP contribution in [0.4, 0.5) is 10.8 Å². The van der Waals surface area contributed by atoms with Gasteiger partial charge in [0.05, 0.1) is 21.5 Å². The van der Waals surface area contributed by atoms with Crippen LogP contribution in [0.25, 0.3) is 22.5 Å². The average Bonchev–Trinajstić information content (AvgIpc) is 3.58. The molecule has 9 nitrogen and oxygen atoms in total. The first-order chi connectivity index (χ1) is 20.1. The number of aromatic amines is 1. The van der Waals surface area contributed by atoms with Gasteiger partial charge in [-0.2, -0.15) is 0 Å². The standard InChI is InChI=1S/C30H30N6O3S3/c1-5-25(28(37)31-23-14-16-24(17-15-23)42(38,39)36-30-35-34-20(4)40-30)41-29-32-26(21-10-6-18(2)7-11-21)27(33-29)22-12-8-19(3)9-13-22/h6-17,25H,5H2,1-4H3,(H,31,37)(H,32,33)(H,35,36). The maximum Gasteiger partial charge on any atom is 0.263 e. The quantitative estimate of drug-likeness (QED) is 0.146. The van der Waals surface area contributed by atoms with Crippen molar-refractivity contribution in [2.24, 2.45) is 0 Å². The van der Waals surface area contributed by atoms with Gasteiger partial charge < -0.3 is 10.3 Å². The van der Waals surface area contributed by atoms with Crippen LogP contribution in [0.3, 0.4) is 0 Å². The number of anilines is 2. The Labute approximate surface area is 253 Å². The molecule has 0 spiro atoms. The molecule has 3 N–H and O–H groups in total. The molecule has 12 heteroatoms. The highest BCUT2D eigenvalue weighted by molar-refractivity contribution is 8.00. The van der Waals surface area contributed by atoms with Crippen molar-refractivity contribution in [1.29, 1.82) is 0 Å². The van der Waals surface area contributed by atoms with E-state index in [-0.39, 0.29) is 15.9 Å². The van der Waals surface area contributed by atoms with Gasteiger partial charge in [-0.1, -0.05) is 89.7 Å². The molecule has 216 valence electrons. The molecule has 0 aliphatic heterocycles. The van der Waals surface area contributed by atoms with Crippen LogP contribution in [0.2, 0.25) is 0 Å². The lowest BCUT2D eigenvalue weighted by molar-refractivity contribution is -0.115. The van der Waals surface area contributed by atoms with Crippen molar-refractivity contribution in [3.05, 3.63) is 88.9 Å². The van der Waals surface area contributed by atoms with E-state index in [9.17, 15) is 13.2 Å². The molecule has 0 fully saturated rings. The second kappa shape index (κ2) is 12.5. The van der Waals surface area contributed by atoms with Crippen LogP contribution in [0.15, 0.2) is 82.8 Å². The van der Waals surface area contributed by atoms with E-state index in [2.05, 4.69) is 73.8 Å². The lowest BCUT2D eigenvalue weighted by atomic mass is 10.0. The Balaban J connectivity index is 1.32. The Kier molecular flexibility index (Phi) is 8.76. The van der Waals surface area contributed by atoms with Crippen LogP contribution in [0.5, 0.6) is 0 Å². The number of nitrogens with zero attached hydrogens (tertiary/aromatic N) is 3. The first-order valence-electron chi connectivity index (χ1n) is 13.3. The second-order valence-electron chi connectivity index (χ2n) is 9.76. The third-order valence-corrected chi connectivity index (χ3v) is 9.93. The van der Waals surface area contributed by atoms with E-state index in [0.29, 0.717) is 22.3 Å². The second-order valence-corrected chi connectivity index (χ2v) is 13.8. The number of amides is 1. The van der Waals surface area contributed by atoms with Gasteiger partial charge in [0.25, 0.3) is 10.0 Å². The van der Waals surface area contributed by atoms with Crippen molar-refractivity contribution in [2.45, 2.75) is 49.4 Å². The number of sulfonamides is 1. The van der Waals surface area contributed by atoms with Gasteiger partial charge in [-0.05, 0) is 51.5 Å². The number of rotatable bonds is 10. The maximum absolute atomic E-state index is 13.3. The van der Waals surface area contributed by atoms with E-state index >= 15 is 0 Å². The molecule has 0 saturated heterocycles. The van der Waals surface area contributed by atoms with Crippen molar-refractivity contribution in [3.63, 3.8) is 0 Å². The van der Waals surface area contributed by atoms with Crippen LogP contribution >= 0.6 is 23.1 Å². The van der Waals surface area contributed by atoms with Crippen LogP contribution in [0.1, 0.15) is 29.5 Å².